The molecule has 1 amide bonds. The van der Waals surface area contributed by atoms with Gasteiger partial charge in [-0.15, -0.1) is 0 Å². The molecule has 0 radical (unpaired) electrons. The molecule has 196 valence electrons. The minimum Gasteiger partial charge on any atom is -0.368 e. The van der Waals surface area contributed by atoms with Crippen LogP contribution in [0, 0.1) is 5.82 Å². The molecule has 0 aliphatic carbocycles. The van der Waals surface area contributed by atoms with E-state index in [0.717, 1.165) is 11.0 Å². The molecular formula is C24H25F5N2O4S. The summed E-state index contributed by atoms with van der Waals surface area (Å²) in [5, 5.41) is 0. The number of sulfonamides is 1. The third-order valence-electron chi connectivity index (χ3n) is 6.52. The molecule has 0 saturated carbocycles. The van der Waals surface area contributed by atoms with Crippen LogP contribution in [0.15, 0.2) is 42.5 Å². The van der Waals surface area contributed by atoms with Gasteiger partial charge in [-0.25, -0.2) is 35.1 Å². The van der Waals surface area contributed by atoms with Crippen molar-refractivity contribution in [2.75, 3.05) is 18.9 Å². The van der Waals surface area contributed by atoms with E-state index in [2.05, 4.69) is 0 Å². The van der Waals surface area contributed by atoms with Crippen molar-refractivity contribution in [3.8, 4) is 11.1 Å². The van der Waals surface area contributed by atoms with Crippen LogP contribution in [0.25, 0.3) is 11.1 Å². The lowest BCUT2D eigenvalue weighted by atomic mass is 9.94. The van der Waals surface area contributed by atoms with Crippen molar-refractivity contribution in [2.24, 2.45) is 0 Å². The van der Waals surface area contributed by atoms with Gasteiger partial charge in [-0.05, 0) is 30.5 Å². The maximum absolute atomic E-state index is 15.6. The number of nitrogens with zero attached hydrogens (tertiary/aromatic N) is 1. The highest BCUT2D eigenvalue weighted by molar-refractivity contribution is 7.89. The molecule has 3 atom stereocenters. The van der Waals surface area contributed by atoms with Crippen LogP contribution >= 0.6 is 0 Å². The lowest BCUT2D eigenvalue weighted by Crippen LogP contribution is -2.54. The fraction of sp³-hybridized carbons (Fsp3) is 0.458. The van der Waals surface area contributed by atoms with Gasteiger partial charge in [0.15, 0.2) is 0 Å². The highest BCUT2D eigenvalue weighted by Gasteiger charge is 2.58. The number of hydrogen-bond acceptors (Lipinski definition) is 4. The van der Waals surface area contributed by atoms with Gasteiger partial charge in [0.25, 0.3) is 18.3 Å². The van der Waals surface area contributed by atoms with Gasteiger partial charge in [0.1, 0.15) is 18.0 Å². The van der Waals surface area contributed by atoms with E-state index in [1.165, 1.54) is 43.3 Å². The van der Waals surface area contributed by atoms with Gasteiger partial charge < -0.3 is 9.64 Å². The van der Waals surface area contributed by atoms with E-state index in [9.17, 15) is 22.0 Å². The maximum Gasteiger partial charge on any atom is 0.283 e. The Labute approximate surface area is 205 Å². The third-order valence-corrected chi connectivity index (χ3v) is 7.90. The molecule has 2 aromatic rings. The SMILES string of the molecule is CCS(=O)(=O)N[C@@H]1[C@H](Cc2cccc(-c3cccc(C(F)F)c3)c2F)N(C(=O)C2CCO2)CC1(F)F. The number of likely N-dealkylation sites (tertiary alicyclic amines) is 1. The lowest BCUT2D eigenvalue weighted by Gasteiger charge is -2.34. The van der Waals surface area contributed by atoms with Gasteiger partial charge in [-0.2, -0.15) is 0 Å². The quantitative estimate of drug-likeness (QED) is 0.523. The molecule has 1 unspecified atom stereocenters. The Hall–Kier alpha value is -2.57. The number of alkyl halides is 4. The zero-order valence-corrected chi connectivity index (χ0v) is 20.1. The zero-order valence-electron chi connectivity index (χ0n) is 19.3. The summed E-state index contributed by atoms with van der Waals surface area (Å²) in [5.74, 6) is -5.63. The van der Waals surface area contributed by atoms with Crippen molar-refractivity contribution in [3.63, 3.8) is 0 Å². The molecule has 0 spiro atoms. The second kappa shape index (κ2) is 10.1. The highest BCUT2D eigenvalue weighted by atomic mass is 32.2. The van der Waals surface area contributed by atoms with Gasteiger partial charge in [0.2, 0.25) is 10.0 Å². The average Bonchev–Trinajstić information content (AvgIpc) is 3.03. The molecule has 2 saturated heterocycles. The Morgan fingerprint density at radius 3 is 2.53 bits per heavy atom. The van der Waals surface area contributed by atoms with Crippen LogP contribution in [0.1, 0.15) is 30.9 Å². The van der Waals surface area contributed by atoms with Gasteiger partial charge in [-0.3, -0.25) is 4.79 Å². The number of nitrogens with one attached hydrogen (secondary N) is 1. The van der Waals surface area contributed by atoms with Crippen molar-refractivity contribution in [1.82, 2.24) is 9.62 Å². The molecule has 0 aromatic heterocycles. The number of amides is 1. The summed E-state index contributed by atoms with van der Waals surface area (Å²) < 4.78 is 104. The summed E-state index contributed by atoms with van der Waals surface area (Å²) in [6, 6.07) is 5.89. The number of carbonyl (C=O) groups excluding carboxylic acids is 1. The largest absolute Gasteiger partial charge is 0.368 e. The molecule has 36 heavy (non-hydrogen) atoms. The van der Waals surface area contributed by atoms with E-state index < -0.39 is 71.0 Å². The van der Waals surface area contributed by atoms with Gasteiger partial charge in [0, 0.05) is 17.5 Å². The molecule has 2 aliphatic rings. The number of ether oxygens (including phenoxy) is 1. The van der Waals surface area contributed by atoms with Crippen molar-refractivity contribution in [3.05, 3.63) is 59.4 Å². The zero-order chi connectivity index (χ0) is 26.3. The van der Waals surface area contributed by atoms with Crippen molar-refractivity contribution >= 4 is 15.9 Å². The summed E-state index contributed by atoms with van der Waals surface area (Å²) in [6.45, 7) is 0.531. The number of carbonyl (C=O) groups is 1. The third kappa shape index (κ3) is 5.25. The molecular weight excluding hydrogens is 507 g/mol. The van der Waals surface area contributed by atoms with Crippen LogP contribution in [-0.2, 0) is 26.0 Å². The fourth-order valence-electron chi connectivity index (χ4n) is 4.46. The van der Waals surface area contributed by atoms with Crippen LogP contribution in [0.3, 0.4) is 0 Å². The molecule has 1 N–H and O–H groups in total. The van der Waals surface area contributed by atoms with Crippen molar-refractivity contribution < 1.29 is 39.9 Å². The Bertz CT molecular complexity index is 1240. The Morgan fingerprint density at radius 2 is 1.92 bits per heavy atom. The van der Waals surface area contributed by atoms with E-state index in [1.54, 1.807) is 0 Å². The van der Waals surface area contributed by atoms with E-state index in [1.807, 2.05) is 4.72 Å². The van der Waals surface area contributed by atoms with Crippen LogP contribution in [0.4, 0.5) is 22.0 Å². The smallest absolute Gasteiger partial charge is 0.283 e. The number of halogens is 5. The van der Waals surface area contributed by atoms with Gasteiger partial charge >= 0.3 is 0 Å². The van der Waals surface area contributed by atoms with E-state index >= 15 is 13.2 Å². The first-order chi connectivity index (χ1) is 16.9. The summed E-state index contributed by atoms with van der Waals surface area (Å²) in [4.78, 5) is 13.8. The molecule has 6 nitrogen and oxygen atoms in total. The Kier molecular flexibility index (Phi) is 7.40. The summed E-state index contributed by atoms with van der Waals surface area (Å²) in [5.41, 5.74) is -0.224. The van der Waals surface area contributed by atoms with E-state index in [4.69, 9.17) is 4.74 Å². The second-order valence-electron chi connectivity index (χ2n) is 8.85. The summed E-state index contributed by atoms with van der Waals surface area (Å²) in [6.07, 6.45) is -3.78. The summed E-state index contributed by atoms with van der Waals surface area (Å²) >= 11 is 0. The molecule has 0 bridgehead atoms. The first kappa shape index (κ1) is 26.5. The average molecular weight is 533 g/mol. The van der Waals surface area contributed by atoms with Gasteiger partial charge in [-0.1, -0.05) is 36.4 Å². The van der Waals surface area contributed by atoms with E-state index in [0.29, 0.717) is 13.0 Å². The lowest BCUT2D eigenvalue weighted by molar-refractivity contribution is -0.158. The standard InChI is InChI=1S/C24H25F5N2O4S/c1-2-36(33,34)30-21-18(31(13-24(21,28)29)23(32)19-9-10-35-19)12-15-6-4-8-17(20(15)25)14-5-3-7-16(11-14)22(26)27/h3-8,11,18-19,21-22,30H,2,9-10,12-13H2,1H3/t18-,19?,21+/m0/s1. The number of benzene rings is 2. The molecule has 12 heteroatoms. The molecule has 2 heterocycles. The predicted molar refractivity (Wildman–Crippen MR) is 122 cm³/mol. The summed E-state index contributed by atoms with van der Waals surface area (Å²) in [7, 11) is -4.10. The molecule has 2 aliphatic heterocycles. The Morgan fingerprint density at radius 1 is 1.22 bits per heavy atom. The van der Waals surface area contributed by atoms with Gasteiger partial charge in [0.05, 0.1) is 24.9 Å². The number of hydrogen-bond donors (Lipinski definition) is 1. The molecule has 4 rings (SSSR count). The first-order valence-electron chi connectivity index (χ1n) is 11.4. The molecule has 2 aromatic carbocycles. The maximum atomic E-state index is 15.6. The normalized spacial score (nSPS) is 23.6. The minimum atomic E-state index is -4.10. The second-order valence-corrected chi connectivity index (χ2v) is 10.9. The minimum absolute atomic E-state index is 0.0225. The Balaban J connectivity index is 1.72. The van der Waals surface area contributed by atoms with Crippen LogP contribution in [0.2, 0.25) is 0 Å². The van der Waals surface area contributed by atoms with Crippen LogP contribution in [0.5, 0.6) is 0 Å². The first-order valence-corrected chi connectivity index (χ1v) is 13.0. The molecule has 2 fully saturated rings. The predicted octanol–water partition coefficient (Wildman–Crippen LogP) is 3.92. The number of rotatable bonds is 8. The topological polar surface area (TPSA) is 75.7 Å². The monoisotopic (exact) mass is 532 g/mol. The fourth-order valence-corrected chi connectivity index (χ4v) is 5.34. The van der Waals surface area contributed by atoms with E-state index in [-0.39, 0.29) is 22.3 Å². The van der Waals surface area contributed by atoms with Crippen LogP contribution in [-0.4, -0.2) is 62.2 Å². The van der Waals surface area contributed by atoms with Crippen molar-refractivity contribution in [2.45, 2.75) is 50.3 Å². The van der Waals surface area contributed by atoms with Crippen molar-refractivity contribution in [1.29, 1.82) is 0 Å². The van der Waals surface area contributed by atoms with Crippen LogP contribution < -0.4 is 4.72 Å². The highest BCUT2D eigenvalue weighted by Crippen LogP contribution is 2.37.